The summed E-state index contributed by atoms with van der Waals surface area (Å²) in [4.78, 5) is 11.7. The quantitative estimate of drug-likeness (QED) is 0.758. The van der Waals surface area contributed by atoms with Crippen LogP contribution in [0.5, 0.6) is 0 Å². The highest BCUT2D eigenvalue weighted by Gasteiger charge is 2.14. The van der Waals surface area contributed by atoms with Gasteiger partial charge in [-0.15, -0.1) is 0 Å². The van der Waals surface area contributed by atoms with E-state index in [1.54, 1.807) is 6.92 Å². The number of Topliss-reactive ketones (excluding diaryl/α,β-unsaturated/α-hetero) is 1. The molecule has 0 aliphatic carbocycles. The molecule has 0 aliphatic rings. The highest BCUT2D eigenvalue weighted by Crippen LogP contribution is 2.17. The Labute approximate surface area is 111 Å². The van der Waals surface area contributed by atoms with Crippen molar-refractivity contribution >= 4 is 27.2 Å². The SMILES string of the molecule is CCS(=O)(=O)CCCC(=O)c1cc(Cl)ccc1F. The van der Waals surface area contributed by atoms with Crippen molar-refractivity contribution in [3.05, 3.63) is 34.6 Å². The van der Waals surface area contributed by atoms with Crippen LogP contribution in [-0.2, 0) is 9.84 Å². The van der Waals surface area contributed by atoms with Gasteiger partial charge in [-0.2, -0.15) is 0 Å². The number of hydrogen-bond donors (Lipinski definition) is 0. The van der Waals surface area contributed by atoms with Crippen LogP contribution in [0, 0.1) is 5.82 Å². The third kappa shape index (κ3) is 4.38. The average molecular weight is 293 g/mol. The van der Waals surface area contributed by atoms with Crippen LogP contribution < -0.4 is 0 Å². The largest absolute Gasteiger partial charge is 0.294 e. The fourth-order valence-corrected chi connectivity index (χ4v) is 2.49. The lowest BCUT2D eigenvalue weighted by Crippen LogP contribution is -2.11. The Balaban J connectivity index is 2.64. The smallest absolute Gasteiger partial charge is 0.165 e. The lowest BCUT2D eigenvalue weighted by atomic mass is 10.1. The molecule has 1 aromatic carbocycles. The third-order valence-corrected chi connectivity index (χ3v) is 4.55. The molecular formula is C12H14ClFO3S. The molecule has 3 nitrogen and oxygen atoms in total. The number of carbonyl (C=O) groups is 1. The summed E-state index contributed by atoms with van der Waals surface area (Å²) in [5, 5.41) is 0.279. The van der Waals surface area contributed by atoms with E-state index in [0.717, 1.165) is 6.07 Å². The molecule has 0 unspecified atom stereocenters. The Morgan fingerprint density at radius 1 is 1.39 bits per heavy atom. The van der Waals surface area contributed by atoms with E-state index in [9.17, 15) is 17.6 Å². The Kier molecular flexibility index (Phi) is 5.28. The summed E-state index contributed by atoms with van der Waals surface area (Å²) in [6, 6.07) is 3.74. The summed E-state index contributed by atoms with van der Waals surface area (Å²) in [6.45, 7) is 1.55. The van der Waals surface area contributed by atoms with E-state index in [2.05, 4.69) is 0 Å². The first kappa shape index (κ1) is 15.1. The number of halogens is 2. The molecule has 0 spiro atoms. The Morgan fingerprint density at radius 2 is 2.06 bits per heavy atom. The van der Waals surface area contributed by atoms with Gasteiger partial charge >= 0.3 is 0 Å². The minimum Gasteiger partial charge on any atom is -0.294 e. The van der Waals surface area contributed by atoms with Gasteiger partial charge in [0.1, 0.15) is 15.7 Å². The van der Waals surface area contributed by atoms with Gasteiger partial charge in [0.25, 0.3) is 0 Å². The maximum absolute atomic E-state index is 13.3. The molecule has 1 rings (SSSR count). The molecular weight excluding hydrogens is 279 g/mol. The zero-order chi connectivity index (χ0) is 13.8. The third-order valence-electron chi connectivity index (χ3n) is 2.53. The van der Waals surface area contributed by atoms with Crippen molar-refractivity contribution in [3.63, 3.8) is 0 Å². The average Bonchev–Trinajstić information content (AvgIpc) is 2.32. The van der Waals surface area contributed by atoms with Gasteiger partial charge in [-0.05, 0) is 24.6 Å². The summed E-state index contributed by atoms with van der Waals surface area (Å²) in [5.41, 5.74) is -0.0867. The number of ketones is 1. The van der Waals surface area contributed by atoms with E-state index in [1.807, 2.05) is 0 Å². The second-order valence-corrected chi connectivity index (χ2v) is 6.80. The predicted octanol–water partition coefficient (Wildman–Crippen LogP) is 2.88. The second kappa shape index (κ2) is 6.29. The molecule has 0 aromatic heterocycles. The molecule has 6 heteroatoms. The fourth-order valence-electron chi connectivity index (χ4n) is 1.44. The fraction of sp³-hybridized carbons (Fsp3) is 0.417. The summed E-state index contributed by atoms with van der Waals surface area (Å²) in [7, 11) is -3.09. The van der Waals surface area contributed by atoms with E-state index < -0.39 is 21.4 Å². The zero-order valence-corrected chi connectivity index (χ0v) is 11.5. The predicted molar refractivity (Wildman–Crippen MR) is 69.3 cm³/mol. The Hall–Kier alpha value is -0.940. The number of sulfone groups is 1. The molecule has 1 aromatic rings. The maximum atomic E-state index is 13.3. The molecule has 0 bridgehead atoms. The van der Waals surface area contributed by atoms with Gasteiger partial charge in [0.15, 0.2) is 5.78 Å². The molecule has 0 atom stereocenters. The molecule has 100 valence electrons. The van der Waals surface area contributed by atoms with Crippen LogP contribution in [0.1, 0.15) is 30.1 Å². The minimum absolute atomic E-state index is 0.00348. The second-order valence-electron chi connectivity index (χ2n) is 3.89. The number of benzene rings is 1. The lowest BCUT2D eigenvalue weighted by molar-refractivity contribution is 0.0978. The van der Waals surface area contributed by atoms with Crippen molar-refractivity contribution in [2.24, 2.45) is 0 Å². The van der Waals surface area contributed by atoms with Crippen molar-refractivity contribution < 1.29 is 17.6 Å². The van der Waals surface area contributed by atoms with Gasteiger partial charge in [0.2, 0.25) is 0 Å². The first-order chi connectivity index (χ1) is 8.35. The molecule has 0 saturated carbocycles. The van der Waals surface area contributed by atoms with E-state index in [-0.39, 0.29) is 34.9 Å². The Morgan fingerprint density at radius 3 is 2.67 bits per heavy atom. The summed E-state index contributed by atoms with van der Waals surface area (Å²) >= 11 is 5.68. The summed E-state index contributed by atoms with van der Waals surface area (Å²) in [6.07, 6.45) is 0.192. The van der Waals surface area contributed by atoms with Crippen molar-refractivity contribution in [3.8, 4) is 0 Å². The van der Waals surface area contributed by atoms with Crippen LogP contribution in [0.25, 0.3) is 0 Å². The molecule has 0 saturated heterocycles. The highest BCUT2D eigenvalue weighted by atomic mass is 35.5. The normalized spacial score (nSPS) is 11.5. The molecule has 0 amide bonds. The lowest BCUT2D eigenvalue weighted by Gasteiger charge is -2.03. The maximum Gasteiger partial charge on any atom is 0.165 e. The van der Waals surface area contributed by atoms with Crippen LogP contribution in [0.2, 0.25) is 5.02 Å². The molecule has 0 aliphatic heterocycles. The first-order valence-corrected chi connectivity index (χ1v) is 7.74. The van der Waals surface area contributed by atoms with E-state index in [0.29, 0.717) is 0 Å². The van der Waals surface area contributed by atoms with Crippen LogP contribution in [0.15, 0.2) is 18.2 Å². The number of hydrogen-bond acceptors (Lipinski definition) is 3. The van der Waals surface area contributed by atoms with Gasteiger partial charge in [-0.25, -0.2) is 12.8 Å². The van der Waals surface area contributed by atoms with Gasteiger partial charge < -0.3 is 0 Å². The monoisotopic (exact) mass is 292 g/mol. The standard InChI is InChI=1S/C12H14ClFO3S/c1-2-18(16,17)7-3-4-12(15)10-8-9(13)5-6-11(10)14/h5-6,8H,2-4,7H2,1H3. The van der Waals surface area contributed by atoms with Crippen molar-refractivity contribution in [2.75, 3.05) is 11.5 Å². The molecule has 0 radical (unpaired) electrons. The molecule has 0 N–H and O–H groups in total. The zero-order valence-electron chi connectivity index (χ0n) is 9.95. The van der Waals surface area contributed by atoms with Crippen LogP contribution in [0.3, 0.4) is 0 Å². The van der Waals surface area contributed by atoms with E-state index in [4.69, 9.17) is 11.6 Å². The number of carbonyl (C=O) groups excluding carboxylic acids is 1. The van der Waals surface area contributed by atoms with Gasteiger partial charge in [-0.1, -0.05) is 18.5 Å². The van der Waals surface area contributed by atoms with E-state index >= 15 is 0 Å². The van der Waals surface area contributed by atoms with E-state index in [1.165, 1.54) is 12.1 Å². The summed E-state index contributed by atoms with van der Waals surface area (Å²) < 4.78 is 35.8. The summed E-state index contributed by atoms with van der Waals surface area (Å²) in [5.74, 6) is -1.08. The van der Waals surface area contributed by atoms with Crippen LogP contribution in [-0.4, -0.2) is 25.7 Å². The van der Waals surface area contributed by atoms with Gasteiger partial charge in [0.05, 0.1) is 11.3 Å². The highest BCUT2D eigenvalue weighted by molar-refractivity contribution is 7.91. The van der Waals surface area contributed by atoms with Gasteiger partial charge in [0, 0.05) is 17.2 Å². The van der Waals surface area contributed by atoms with Gasteiger partial charge in [-0.3, -0.25) is 4.79 Å². The molecule has 0 fully saturated rings. The number of rotatable bonds is 6. The minimum atomic E-state index is -3.09. The van der Waals surface area contributed by atoms with Crippen molar-refractivity contribution in [1.82, 2.24) is 0 Å². The Bertz CT molecular complexity index is 540. The molecule has 18 heavy (non-hydrogen) atoms. The first-order valence-electron chi connectivity index (χ1n) is 5.54. The van der Waals surface area contributed by atoms with Crippen molar-refractivity contribution in [2.45, 2.75) is 19.8 Å². The van der Waals surface area contributed by atoms with Crippen LogP contribution >= 0.6 is 11.6 Å². The molecule has 0 heterocycles. The van der Waals surface area contributed by atoms with Crippen molar-refractivity contribution in [1.29, 1.82) is 0 Å². The van der Waals surface area contributed by atoms with Crippen LogP contribution in [0.4, 0.5) is 4.39 Å². The topological polar surface area (TPSA) is 51.2 Å².